The van der Waals surface area contributed by atoms with Crippen LogP contribution in [0.1, 0.15) is 24.5 Å². The van der Waals surface area contributed by atoms with Crippen LogP contribution < -0.4 is 5.32 Å². The van der Waals surface area contributed by atoms with Crippen molar-refractivity contribution in [2.75, 3.05) is 18.9 Å². The summed E-state index contributed by atoms with van der Waals surface area (Å²) in [7, 11) is 0. The average Bonchev–Trinajstić information content (AvgIpc) is 2.33. The summed E-state index contributed by atoms with van der Waals surface area (Å²) < 4.78 is 0. The lowest BCUT2D eigenvalue weighted by molar-refractivity contribution is 0.254. The Bertz CT molecular complexity index is 341. The molecule has 0 saturated carbocycles. The summed E-state index contributed by atoms with van der Waals surface area (Å²) in [5.41, 5.74) is 2.60. The average molecular weight is 253 g/mol. The molecule has 0 aliphatic carbocycles. The lowest BCUT2D eigenvalue weighted by atomic mass is 10.2. The predicted octanol–water partition coefficient (Wildman–Crippen LogP) is 2.76. The molecule has 2 nitrogen and oxygen atoms in total. The molecule has 0 amide bonds. The number of hydrogen-bond acceptors (Lipinski definition) is 3. The Balaban J connectivity index is 2.50. The minimum Gasteiger partial charge on any atom is -0.395 e. The third-order valence-electron chi connectivity index (χ3n) is 2.69. The van der Waals surface area contributed by atoms with Crippen LogP contribution in [0.2, 0.25) is 0 Å². The fourth-order valence-electron chi connectivity index (χ4n) is 1.58. The highest BCUT2D eigenvalue weighted by Crippen LogP contribution is 2.24. The molecule has 0 heterocycles. The van der Waals surface area contributed by atoms with Crippen molar-refractivity contribution in [2.24, 2.45) is 0 Å². The van der Waals surface area contributed by atoms with Gasteiger partial charge in [-0.3, -0.25) is 0 Å². The second-order valence-corrected chi connectivity index (χ2v) is 5.48. The van der Waals surface area contributed by atoms with E-state index in [1.165, 1.54) is 16.0 Å². The van der Waals surface area contributed by atoms with Gasteiger partial charge in [-0.05, 0) is 38.4 Å². The van der Waals surface area contributed by atoms with E-state index in [0.717, 1.165) is 18.7 Å². The Morgan fingerprint density at radius 1 is 1.35 bits per heavy atom. The Morgan fingerprint density at radius 2 is 2.12 bits per heavy atom. The topological polar surface area (TPSA) is 32.3 Å². The first kappa shape index (κ1) is 14.6. The Morgan fingerprint density at radius 3 is 2.76 bits per heavy atom. The Kier molecular flexibility index (Phi) is 6.63. The number of aliphatic hydroxyl groups is 1. The van der Waals surface area contributed by atoms with Gasteiger partial charge >= 0.3 is 0 Å². The molecule has 0 spiro atoms. The quantitative estimate of drug-likeness (QED) is 0.733. The Labute approximate surface area is 109 Å². The van der Waals surface area contributed by atoms with E-state index in [1.807, 2.05) is 11.8 Å². The molecule has 0 radical (unpaired) electrons. The summed E-state index contributed by atoms with van der Waals surface area (Å²) in [4.78, 5) is 1.32. The van der Waals surface area contributed by atoms with Crippen molar-refractivity contribution in [1.82, 2.24) is 5.32 Å². The molecule has 1 rings (SSSR count). The third kappa shape index (κ3) is 5.11. The van der Waals surface area contributed by atoms with Crippen LogP contribution in [0, 0.1) is 13.8 Å². The molecule has 1 aromatic rings. The van der Waals surface area contributed by atoms with Crippen LogP contribution >= 0.6 is 11.8 Å². The van der Waals surface area contributed by atoms with Crippen LogP contribution in [-0.4, -0.2) is 30.1 Å². The van der Waals surface area contributed by atoms with Crippen LogP contribution in [0.5, 0.6) is 0 Å². The zero-order valence-electron chi connectivity index (χ0n) is 11.0. The van der Waals surface area contributed by atoms with E-state index in [9.17, 15) is 5.11 Å². The fraction of sp³-hybridized carbons (Fsp3) is 0.571. The number of benzene rings is 1. The van der Waals surface area contributed by atoms with Gasteiger partial charge in [0.2, 0.25) is 0 Å². The number of thioether (sulfide) groups is 1. The van der Waals surface area contributed by atoms with Gasteiger partial charge in [0.15, 0.2) is 0 Å². The minimum absolute atomic E-state index is 0.194. The second kappa shape index (κ2) is 7.75. The van der Waals surface area contributed by atoms with Crippen molar-refractivity contribution in [3.8, 4) is 0 Å². The van der Waals surface area contributed by atoms with Crippen LogP contribution in [-0.2, 0) is 0 Å². The van der Waals surface area contributed by atoms with Gasteiger partial charge in [0.05, 0.1) is 6.61 Å². The SMILES string of the molecule is CCCNC(CO)CSc1cc(C)ccc1C. The predicted molar refractivity (Wildman–Crippen MR) is 75.8 cm³/mol. The van der Waals surface area contributed by atoms with Crippen molar-refractivity contribution in [2.45, 2.75) is 38.1 Å². The van der Waals surface area contributed by atoms with Crippen LogP contribution in [0.4, 0.5) is 0 Å². The molecule has 0 fully saturated rings. The fourth-order valence-corrected chi connectivity index (χ4v) is 2.75. The summed E-state index contributed by atoms with van der Waals surface area (Å²) >= 11 is 1.82. The van der Waals surface area contributed by atoms with Crippen LogP contribution in [0.3, 0.4) is 0 Å². The monoisotopic (exact) mass is 253 g/mol. The summed E-state index contributed by atoms with van der Waals surface area (Å²) in [5, 5.41) is 12.6. The van der Waals surface area contributed by atoms with E-state index in [1.54, 1.807) is 0 Å². The summed E-state index contributed by atoms with van der Waals surface area (Å²) in [6, 6.07) is 6.71. The lowest BCUT2D eigenvalue weighted by Gasteiger charge is -2.16. The van der Waals surface area contributed by atoms with Gasteiger partial charge < -0.3 is 10.4 Å². The van der Waals surface area contributed by atoms with Crippen LogP contribution in [0.25, 0.3) is 0 Å². The van der Waals surface area contributed by atoms with Gasteiger partial charge in [0, 0.05) is 16.7 Å². The van der Waals surface area contributed by atoms with Gasteiger partial charge in [-0.1, -0.05) is 24.6 Å². The highest BCUT2D eigenvalue weighted by atomic mass is 32.2. The van der Waals surface area contributed by atoms with E-state index in [0.29, 0.717) is 0 Å². The summed E-state index contributed by atoms with van der Waals surface area (Å²) in [5.74, 6) is 0.917. The summed E-state index contributed by atoms with van der Waals surface area (Å²) in [6.45, 7) is 7.56. The summed E-state index contributed by atoms with van der Waals surface area (Å²) in [6.07, 6.45) is 1.10. The first-order chi connectivity index (χ1) is 8.17. The largest absolute Gasteiger partial charge is 0.395 e. The van der Waals surface area contributed by atoms with Crippen molar-refractivity contribution >= 4 is 11.8 Å². The minimum atomic E-state index is 0.194. The molecule has 1 aromatic carbocycles. The van der Waals surface area contributed by atoms with E-state index in [4.69, 9.17) is 0 Å². The molecule has 0 aliphatic rings. The third-order valence-corrected chi connectivity index (χ3v) is 4.01. The van der Waals surface area contributed by atoms with Crippen molar-refractivity contribution in [3.05, 3.63) is 29.3 Å². The van der Waals surface area contributed by atoms with Crippen molar-refractivity contribution in [1.29, 1.82) is 0 Å². The van der Waals surface area contributed by atoms with Crippen LogP contribution in [0.15, 0.2) is 23.1 Å². The smallest absolute Gasteiger partial charge is 0.0592 e. The number of nitrogens with one attached hydrogen (secondary N) is 1. The molecule has 0 aliphatic heterocycles. The molecule has 1 atom stereocenters. The first-order valence-electron chi connectivity index (χ1n) is 6.21. The first-order valence-corrected chi connectivity index (χ1v) is 7.20. The van der Waals surface area contributed by atoms with Gasteiger partial charge in [-0.25, -0.2) is 0 Å². The van der Waals surface area contributed by atoms with E-state index in [-0.39, 0.29) is 12.6 Å². The maximum atomic E-state index is 9.28. The van der Waals surface area contributed by atoms with Crippen molar-refractivity contribution in [3.63, 3.8) is 0 Å². The van der Waals surface area contributed by atoms with Crippen molar-refractivity contribution < 1.29 is 5.11 Å². The molecule has 1 unspecified atom stereocenters. The molecule has 96 valence electrons. The van der Waals surface area contributed by atoms with E-state index < -0.39 is 0 Å². The highest BCUT2D eigenvalue weighted by molar-refractivity contribution is 7.99. The van der Waals surface area contributed by atoms with E-state index in [2.05, 4.69) is 44.3 Å². The number of rotatable bonds is 7. The highest BCUT2D eigenvalue weighted by Gasteiger charge is 2.08. The zero-order valence-corrected chi connectivity index (χ0v) is 11.8. The maximum absolute atomic E-state index is 9.28. The maximum Gasteiger partial charge on any atom is 0.0592 e. The zero-order chi connectivity index (χ0) is 12.7. The lowest BCUT2D eigenvalue weighted by Crippen LogP contribution is -2.35. The standard InChI is InChI=1S/C14H23NOS/c1-4-7-15-13(9-16)10-17-14-8-11(2)5-6-12(14)3/h5-6,8,13,15-16H,4,7,9-10H2,1-3H3. The molecule has 0 bridgehead atoms. The van der Waals surface area contributed by atoms with Gasteiger partial charge in [-0.15, -0.1) is 11.8 Å². The molecule has 2 N–H and O–H groups in total. The Hall–Kier alpha value is -0.510. The molecule has 0 saturated heterocycles. The molecule has 17 heavy (non-hydrogen) atoms. The molecular weight excluding hydrogens is 230 g/mol. The molecule has 3 heteroatoms. The van der Waals surface area contributed by atoms with Gasteiger partial charge in [0.1, 0.15) is 0 Å². The second-order valence-electron chi connectivity index (χ2n) is 4.41. The number of aliphatic hydroxyl groups excluding tert-OH is 1. The number of hydrogen-bond donors (Lipinski definition) is 2. The van der Waals surface area contributed by atoms with E-state index >= 15 is 0 Å². The normalized spacial score (nSPS) is 12.7. The number of aryl methyl sites for hydroxylation is 2. The molecule has 0 aromatic heterocycles. The van der Waals surface area contributed by atoms with Gasteiger partial charge in [-0.2, -0.15) is 0 Å². The van der Waals surface area contributed by atoms with Gasteiger partial charge in [0.25, 0.3) is 0 Å². The molecular formula is C14H23NOS.